The summed E-state index contributed by atoms with van der Waals surface area (Å²) in [6, 6.07) is 18.5. The van der Waals surface area contributed by atoms with Gasteiger partial charge in [0.1, 0.15) is 0 Å². The molecular weight excluding hydrogens is 546 g/mol. The highest BCUT2D eigenvalue weighted by Gasteiger charge is 2.25. The van der Waals surface area contributed by atoms with Crippen molar-refractivity contribution in [2.45, 2.75) is 173 Å². The molecule has 1 aromatic carbocycles. The molecule has 0 spiro atoms. The molecule has 1 aliphatic carbocycles. The van der Waals surface area contributed by atoms with Crippen LogP contribution in [-0.2, 0) is 16.4 Å². The SMILES string of the molecule is CC.CC.CC.CC(C)(C)C1CCCCC1.CC(C)(C)c1ccccc1.CC(C)(C)c1ccccn1.CC(C)(C)n1cccn1. The van der Waals surface area contributed by atoms with E-state index in [0.717, 1.165) is 11.6 Å². The zero-order valence-corrected chi connectivity index (χ0v) is 33.4. The van der Waals surface area contributed by atoms with Crippen LogP contribution in [0.1, 0.15) is 168 Å². The largest absolute Gasteiger partial charge is 0.268 e. The van der Waals surface area contributed by atoms with Crippen LogP contribution in [-0.4, -0.2) is 14.8 Å². The van der Waals surface area contributed by atoms with Crippen molar-refractivity contribution in [1.82, 2.24) is 14.8 Å². The minimum atomic E-state index is 0.128. The van der Waals surface area contributed by atoms with Crippen LogP contribution in [0.2, 0.25) is 0 Å². The van der Waals surface area contributed by atoms with Gasteiger partial charge >= 0.3 is 0 Å². The zero-order valence-electron chi connectivity index (χ0n) is 33.4. The highest BCUT2D eigenvalue weighted by Crippen LogP contribution is 2.37. The summed E-state index contributed by atoms with van der Waals surface area (Å²) in [6.45, 7) is 38.7. The first-order chi connectivity index (χ1) is 20.9. The Morgan fingerprint density at radius 2 is 1.04 bits per heavy atom. The molecular formula is C42H77N3. The van der Waals surface area contributed by atoms with E-state index in [9.17, 15) is 0 Å². The summed E-state index contributed by atoms with van der Waals surface area (Å²) >= 11 is 0. The van der Waals surface area contributed by atoms with Crippen LogP contribution in [0, 0.1) is 11.3 Å². The lowest BCUT2D eigenvalue weighted by Crippen LogP contribution is -2.22. The first-order valence-electron chi connectivity index (χ1n) is 17.9. The van der Waals surface area contributed by atoms with Gasteiger partial charge in [0, 0.05) is 29.7 Å². The molecule has 0 amide bonds. The van der Waals surface area contributed by atoms with E-state index in [1.54, 1.807) is 6.20 Å². The Bertz CT molecular complexity index is 939. The van der Waals surface area contributed by atoms with E-state index in [4.69, 9.17) is 0 Å². The lowest BCUT2D eigenvalue weighted by Gasteiger charge is -2.33. The van der Waals surface area contributed by atoms with Crippen LogP contribution >= 0.6 is 0 Å². The molecule has 0 aliphatic heterocycles. The molecule has 2 aromatic heterocycles. The lowest BCUT2D eigenvalue weighted by atomic mass is 9.72. The smallest absolute Gasteiger partial charge is 0.0543 e. The van der Waals surface area contributed by atoms with Gasteiger partial charge in [0.2, 0.25) is 0 Å². The van der Waals surface area contributed by atoms with Crippen LogP contribution in [0.5, 0.6) is 0 Å². The molecule has 45 heavy (non-hydrogen) atoms. The highest BCUT2D eigenvalue weighted by molar-refractivity contribution is 5.22. The highest BCUT2D eigenvalue weighted by atomic mass is 15.3. The van der Waals surface area contributed by atoms with Gasteiger partial charge in [-0.3, -0.25) is 9.67 Å². The molecule has 2 heterocycles. The van der Waals surface area contributed by atoms with Crippen LogP contribution < -0.4 is 0 Å². The fourth-order valence-corrected chi connectivity index (χ4v) is 4.38. The van der Waals surface area contributed by atoms with Gasteiger partial charge < -0.3 is 0 Å². The topological polar surface area (TPSA) is 30.7 Å². The Morgan fingerprint density at radius 3 is 1.29 bits per heavy atom. The molecule has 1 fully saturated rings. The van der Waals surface area contributed by atoms with E-state index in [2.05, 4.69) is 130 Å². The number of pyridine rings is 1. The van der Waals surface area contributed by atoms with Gasteiger partial charge in [-0.1, -0.05) is 160 Å². The molecule has 4 rings (SSSR count). The predicted molar refractivity (Wildman–Crippen MR) is 205 cm³/mol. The van der Waals surface area contributed by atoms with E-state index < -0.39 is 0 Å². The van der Waals surface area contributed by atoms with Crippen LogP contribution in [0.15, 0.2) is 73.2 Å². The fourth-order valence-electron chi connectivity index (χ4n) is 4.38. The van der Waals surface area contributed by atoms with Gasteiger partial charge in [-0.2, -0.15) is 5.10 Å². The first kappa shape index (κ1) is 47.0. The van der Waals surface area contributed by atoms with Crippen molar-refractivity contribution >= 4 is 0 Å². The van der Waals surface area contributed by atoms with Crippen molar-refractivity contribution in [1.29, 1.82) is 0 Å². The van der Waals surface area contributed by atoms with Crippen molar-refractivity contribution in [3.8, 4) is 0 Å². The summed E-state index contributed by atoms with van der Waals surface area (Å²) in [6.07, 6.45) is 13.0. The summed E-state index contributed by atoms with van der Waals surface area (Å²) in [4.78, 5) is 4.25. The fraction of sp³-hybridized carbons (Fsp3) is 0.667. The Balaban J connectivity index is -0.000000494. The van der Waals surface area contributed by atoms with E-state index >= 15 is 0 Å². The summed E-state index contributed by atoms with van der Waals surface area (Å²) in [5.41, 5.74) is 3.72. The maximum absolute atomic E-state index is 4.25. The Kier molecular flexibility index (Phi) is 25.9. The molecule has 1 saturated carbocycles. The standard InChI is InChI=1S/C10H20.C10H14.C9H13N.C7H12N2.3C2H6/c2*1-10(2,3)9-7-5-4-6-8-9;1-9(2,3)8-6-4-5-7-10-8;1-7(2,3)9-6-4-5-8-9;3*1-2/h9H,4-8H2,1-3H3;4-8H,1-3H3;4-7H,1-3H3;4-6H,1-3H3;3*1-2H3. The maximum atomic E-state index is 4.25. The third-order valence-corrected chi connectivity index (χ3v) is 7.09. The van der Waals surface area contributed by atoms with Gasteiger partial charge in [0.15, 0.2) is 0 Å². The maximum Gasteiger partial charge on any atom is 0.0543 e. The Morgan fingerprint density at radius 1 is 0.556 bits per heavy atom. The minimum absolute atomic E-state index is 0.128. The summed E-state index contributed by atoms with van der Waals surface area (Å²) < 4.78 is 1.94. The molecule has 0 saturated heterocycles. The average Bonchev–Trinajstić information content (AvgIpc) is 3.58. The molecule has 0 unspecified atom stereocenters. The molecule has 260 valence electrons. The number of hydrogen-bond donors (Lipinski definition) is 0. The normalized spacial score (nSPS) is 13.0. The molecule has 0 atom stereocenters. The van der Waals surface area contributed by atoms with Crippen molar-refractivity contribution in [3.63, 3.8) is 0 Å². The Labute approximate surface area is 283 Å². The third-order valence-electron chi connectivity index (χ3n) is 7.09. The molecule has 3 heteroatoms. The van der Waals surface area contributed by atoms with E-state index in [1.807, 2.05) is 76.8 Å². The molecule has 1 aliphatic rings. The van der Waals surface area contributed by atoms with Crippen molar-refractivity contribution in [3.05, 3.63) is 84.4 Å². The van der Waals surface area contributed by atoms with Crippen molar-refractivity contribution < 1.29 is 0 Å². The number of rotatable bonds is 0. The molecule has 3 aromatic rings. The van der Waals surface area contributed by atoms with Gasteiger partial charge in [-0.15, -0.1) is 0 Å². The van der Waals surface area contributed by atoms with Gasteiger partial charge in [-0.25, -0.2) is 0 Å². The number of benzene rings is 1. The minimum Gasteiger partial charge on any atom is -0.268 e. The van der Waals surface area contributed by atoms with Crippen molar-refractivity contribution in [2.24, 2.45) is 11.3 Å². The van der Waals surface area contributed by atoms with Gasteiger partial charge in [0.05, 0.1) is 5.54 Å². The van der Waals surface area contributed by atoms with Crippen molar-refractivity contribution in [2.75, 3.05) is 0 Å². The predicted octanol–water partition coefficient (Wildman–Crippen LogP) is 13.7. The summed E-state index contributed by atoms with van der Waals surface area (Å²) in [7, 11) is 0. The molecule has 0 radical (unpaired) electrons. The molecule has 3 nitrogen and oxygen atoms in total. The van der Waals surface area contributed by atoms with E-state index in [-0.39, 0.29) is 11.0 Å². The second-order valence-electron chi connectivity index (χ2n) is 14.9. The Hall–Kier alpha value is -2.42. The van der Waals surface area contributed by atoms with Gasteiger partial charge in [-0.05, 0) is 74.1 Å². The van der Waals surface area contributed by atoms with Crippen LogP contribution in [0.4, 0.5) is 0 Å². The number of hydrogen-bond acceptors (Lipinski definition) is 2. The quantitative estimate of drug-likeness (QED) is 0.249. The third kappa shape index (κ3) is 23.6. The van der Waals surface area contributed by atoms with Gasteiger partial charge in [0.25, 0.3) is 0 Å². The second-order valence-corrected chi connectivity index (χ2v) is 14.9. The first-order valence-corrected chi connectivity index (χ1v) is 17.9. The average molecular weight is 624 g/mol. The monoisotopic (exact) mass is 624 g/mol. The van der Waals surface area contributed by atoms with Crippen LogP contribution in [0.25, 0.3) is 0 Å². The lowest BCUT2D eigenvalue weighted by molar-refractivity contribution is 0.180. The van der Waals surface area contributed by atoms with E-state index in [0.29, 0.717) is 10.8 Å². The number of nitrogens with zero attached hydrogens (tertiary/aromatic N) is 3. The summed E-state index contributed by atoms with van der Waals surface area (Å²) in [5, 5.41) is 4.10. The summed E-state index contributed by atoms with van der Waals surface area (Å²) in [5.74, 6) is 1.00. The molecule has 0 N–H and O–H groups in total. The zero-order chi connectivity index (χ0) is 35.7. The van der Waals surface area contributed by atoms with E-state index in [1.165, 1.54) is 37.7 Å². The number of aromatic nitrogens is 3. The molecule has 0 bridgehead atoms. The van der Waals surface area contributed by atoms with Crippen LogP contribution in [0.3, 0.4) is 0 Å². The second kappa shape index (κ2) is 24.8.